The summed E-state index contributed by atoms with van der Waals surface area (Å²) in [5.74, 6) is 8.83. The number of hydrogen-bond donors (Lipinski definition) is 0. The van der Waals surface area contributed by atoms with Crippen molar-refractivity contribution in [2.24, 2.45) is 74.9 Å². The van der Waals surface area contributed by atoms with Crippen molar-refractivity contribution in [1.29, 1.82) is 0 Å². The molecule has 11 unspecified atom stereocenters. The molecule has 0 aromatic carbocycles. The fraction of sp³-hybridized carbons (Fsp3) is 0.889. The zero-order valence-electron chi connectivity index (χ0n) is 25.8. The van der Waals surface area contributed by atoms with Gasteiger partial charge in [0.25, 0.3) is 0 Å². The van der Waals surface area contributed by atoms with Gasteiger partial charge in [-0.1, -0.05) is 68.7 Å². The molecular formula is C36H62. The maximum Gasteiger partial charge on any atom is -0.0258 e. The minimum atomic E-state index is 0.499. The van der Waals surface area contributed by atoms with Gasteiger partial charge in [-0.15, -0.1) is 26.0 Å². The highest BCUT2D eigenvalue weighted by Gasteiger charge is 2.69. The van der Waals surface area contributed by atoms with Gasteiger partial charge in [-0.3, -0.25) is 0 Å². The molecule has 0 heteroatoms. The Morgan fingerprint density at radius 2 is 1.44 bits per heavy atom. The van der Waals surface area contributed by atoms with Gasteiger partial charge in [0.05, 0.1) is 0 Å². The molecule has 0 amide bonds. The van der Waals surface area contributed by atoms with E-state index in [4.69, 9.17) is 0 Å². The van der Waals surface area contributed by atoms with E-state index in [1.54, 1.807) is 25.7 Å². The smallest absolute Gasteiger partial charge is 0.0258 e. The highest BCUT2D eigenvalue weighted by atomic mass is 14.7. The van der Waals surface area contributed by atoms with Crippen LogP contribution >= 0.6 is 0 Å². The summed E-state index contributed by atoms with van der Waals surface area (Å²) in [5, 5.41) is 0. The average molecular weight is 495 g/mol. The first-order valence-electron chi connectivity index (χ1n) is 15.7. The minimum Gasteiger partial charge on any atom is -0.124 e. The van der Waals surface area contributed by atoms with Crippen LogP contribution in [-0.2, 0) is 0 Å². The second kappa shape index (κ2) is 10.5. The predicted octanol–water partition coefficient (Wildman–Crippen LogP) is 10.7. The zero-order chi connectivity index (χ0) is 27.3. The summed E-state index contributed by atoms with van der Waals surface area (Å²) < 4.78 is 0. The van der Waals surface area contributed by atoms with Gasteiger partial charge in [-0.25, -0.2) is 0 Å². The molecular weight excluding hydrogens is 432 g/mol. The molecule has 0 bridgehead atoms. The molecule has 11 atom stereocenters. The third-order valence-corrected chi connectivity index (χ3v) is 14.0. The largest absolute Gasteiger partial charge is 0.124 e. The SMILES string of the molecule is C#C.C=C.CC(C)CCC1(C)CC2CC3C4CCC5CC(C)C(C)CC5(C)C4CCC3(C)C2C1(C)C. The third-order valence-electron chi connectivity index (χ3n) is 14.0. The molecule has 5 aliphatic carbocycles. The Kier molecular flexibility index (Phi) is 8.67. The second-order valence-corrected chi connectivity index (χ2v) is 16.0. The van der Waals surface area contributed by atoms with Crippen LogP contribution in [0.3, 0.4) is 0 Å². The van der Waals surface area contributed by atoms with E-state index in [0.29, 0.717) is 21.7 Å². The van der Waals surface area contributed by atoms with Crippen molar-refractivity contribution in [2.45, 2.75) is 127 Å². The molecule has 5 fully saturated rings. The molecule has 36 heavy (non-hydrogen) atoms. The van der Waals surface area contributed by atoms with Crippen LogP contribution in [0.15, 0.2) is 13.2 Å². The first-order valence-corrected chi connectivity index (χ1v) is 15.7. The molecule has 5 rings (SSSR count). The summed E-state index contributed by atoms with van der Waals surface area (Å²) in [7, 11) is 0. The van der Waals surface area contributed by atoms with Gasteiger partial charge in [-0.05, 0) is 133 Å². The van der Waals surface area contributed by atoms with Crippen LogP contribution in [0.4, 0.5) is 0 Å². The molecule has 0 aliphatic heterocycles. The maximum absolute atomic E-state index is 4.00. The van der Waals surface area contributed by atoms with Crippen LogP contribution in [0.5, 0.6) is 0 Å². The van der Waals surface area contributed by atoms with Crippen molar-refractivity contribution in [3.8, 4) is 12.8 Å². The van der Waals surface area contributed by atoms with Crippen molar-refractivity contribution >= 4 is 0 Å². The van der Waals surface area contributed by atoms with Gasteiger partial charge in [-0.2, -0.15) is 0 Å². The molecule has 206 valence electrons. The van der Waals surface area contributed by atoms with Crippen LogP contribution in [0.25, 0.3) is 0 Å². The molecule has 5 aliphatic rings. The standard InChI is InChI=1S/C32H56.C2H4.C2H2/c1-20(2)12-14-30(7)19-23-17-27-25-11-10-24-16-21(3)22(4)18-32(24,9)26(25)13-15-31(27,8)28(23)29(30,5)6;2*1-2/h20-28H,10-19H2,1-9H3;1-2H2;1-2H. The van der Waals surface area contributed by atoms with Crippen molar-refractivity contribution in [1.82, 2.24) is 0 Å². The summed E-state index contributed by atoms with van der Waals surface area (Å²) in [5.41, 5.74) is 2.31. The van der Waals surface area contributed by atoms with Gasteiger partial charge < -0.3 is 0 Å². The van der Waals surface area contributed by atoms with Gasteiger partial charge in [0.2, 0.25) is 0 Å². The first kappa shape index (κ1) is 29.9. The molecule has 0 spiro atoms. The molecule has 5 saturated carbocycles. The lowest BCUT2D eigenvalue weighted by molar-refractivity contribution is -0.138. The van der Waals surface area contributed by atoms with E-state index >= 15 is 0 Å². The van der Waals surface area contributed by atoms with E-state index in [1.165, 1.54) is 38.5 Å². The van der Waals surface area contributed by atoms with Crippen molar-refractivity contribution in [3.63, 3.8) is 0 Å². The van der Waals surface area contributed by atoms with Crippen LogP contribution in [0, 0.1) is 87.8 Å². The summed E-state index contributed by atoms with van der Waals surface area (Å²) >= 11 is 0. The Morgan fingerprint density at radius 1 is 0.806 bits per heavy atom. The summed E-state index contributed by atoms with van der Waals surface area (Å²) in [6.45, 7) is 29.6. The first-order chi connectivity index (χ1) is 16.8. The van der Waals surface area contributed by atoms with Gasteiger partial charge >= 0.3 is 0 Å². The van der Waals surface area contributed by atoms with Crippen LogP contribution in [-0.4, -0.2) is 0 Å². The average Bonchev–Trinajstić information content (AvgIpc) is 3.24. The molecule has 0 radical (unpaired) electrons. The number of terminal acetylenes is 1. The lowest BCUT2D eigenvalue weighted by Gasteiger charge is -2.63. The number of fused-ring (bicyclic) bond motifs is 7. The van der Waals surface area contributed by atoms with E-state index in [9.17, 15) is 0 Å². The monoisotopic (exact) mass is 494 g/mol. The highest BCUT2D eigenvalue weighted by Crippen LogP contribution is 2.77. The fourth-order valence-corrected chi connectivity index (χ4v) is 11.9. The van der Waals surface area contributed by atoms with Gasteiger partial charge in [0.1, 0.15) is 0 Å². The second-order valence-electron chi connectivity index (χ2n) is 16.0. The third kappa shape index (κ3) is 4.36. The fourth-order valence-electron chi connectivity index (χ4n) is 11.9. The highest BCUT2D eigenvalue weighted by molar-refractivity contribution is 5.18. The molecule has 0 aromatic heterocycles. The lowest BCUT2D eigenvalue weighted by atomic mass is 9.42. The van der Waals surface area contributed by atoms with Crippen LogP contribution < -0.4 is 0 Å². The number of hydrogen-bond acceptors (Lipinski definition) is 0. The van der Waals surface area contributed by atoms with Crippen LogP contribution in [0.2, 0.25) is 0 Å². The Bertz CT molecular complexity index is 772. The molecule has 0 aromatic rings. The Hall–Kier alpha value is -0.700. The van der Waals surface area contributed by atoms with Gasteiger partial charge in [0.15, 0.2) is 0 Å². The lowest BCUT2D eigenvalue weighted by Crippen LogP contribution is -2.55. The Labute approximate surface area is 227 Å². The van der Waals surface area contributed by atoms with Gasteiger partial charge in [0, 0.05) is 0 Å². The molecule has 0 nitrogen and oxygen atoms in total. The Morgan fingerprint density at radius 3 is 2.06 bits per heavy atom. The zero-order valence-corrected chi connectivity index (χ0v) is 25.8. The topological polar surface area (TPSA) is 0 Å². The molecule has 0 heterocycles. The predicted molar refractivity (Wildman–Crippen MR) is 160 cm³/mol. The van der Waals surface area contributed by atoms with Crippen molar-refractivity contribution in [3.05, 3.63) is 13.2 Å². The Balaban J connectivity index is 0.000000861. The summed E-state index contributed by atoms with van der Waals surface area (Å²) in [4.78, 5) is 0. The summed E-state index contributed by atoms with van der Waals surface area (Å²) in [6.07, 6.45) is 23.2. The normalized spacial score (nSPS) is 50.3. The van der Waals surface area contributed by atoms with E-state index in [-0.39, 0.29) is 0 Å². The van der Waals surface area contributed by atoms with E-state index < -0.39 is 0 Å². The quantitative estimate of drug-likeness (QED) is 0.270. The van der Waals surface area contributed by atoms with Crippen molar-refractivity contribution < 1.29 is 0 Å². The maximum atomic E-state index is 4.00. The molecule has 0 saturated heterocycles. The minimum absolute atomic E-state index is 0.499. The van der Waals surface area contributed by atoms with E-state index in [0.717, 1.165) is 53.3 Å². The van der Waals surface area contributed by atoms with Crippen molar-refractivity contribution in [2.75, 3.05) is 0 Å². The van der Waals surface area contributed by atoms with E-state index in [1.807, 2.05) is 0 Å². The van der Waals surface area contributed by atoms with E-state index in [2.05, 4.69) is 88.3 Å². The van der Waals surface area contributed by atoms with Crippen LogP contribution in [0.1, 0.15) is 127 Å². The number of rotatable bonds is 3. The summed E-state index contributed by atoms with van der Waals surface area (Å²) in [6, 6.07) is 0. The molecule has 0 N–H and O–H groups in total.